The van der Waals surface area contributed by atoms with Crippen LogP contribution in [-0.4, -0.2) is 17.6 Å². The second kappa shape index (κ2) is 5.67. The van der Waals surface area contributed by atoms with Crippen molar-refractivity contribution >= 4 is 5.97 Å². The highest BCUT2D eigenvalue weighted by atomic mass is 16.5. The van der Waals surface area contributed by atoms with E-state index >= 15 is 0 Å². The van der Waals surface area contributed by atoms with Crippen LogP contribution in [0, 0.1) is 5.92 Å². The molecule has 94 valence electrons. The van der Waals surface area contributed by atoms with Crippen molar-refractivity contribution in [2.24, 2.45) is 11.7 Å². The van der Waals surface area contributed by atoms with Gasteiger partial charge in [-0.1, -0.05) is 20.3 Å². The van der Waals surface area contributed by atoms with Gasteiger partial charge in [0.1, 0.15) is 5.54 Å². The molecule has 0 spiro atoms. The van der Waals surface area contributed by atoms with Gasteiger partial charge in [0.05, 0.1) is 6.10 Å². The van der Waals surface area contributed by atoms with Crippen LogP contribution in [0.15, 0.2) is 0 Å². The van der Waals surface area contributed by atoms with Gasteiger partial charge in [-0.15, -0.1) is 0 Å². The van der Waals surface area contributed by atoms with Crippen molar-refractivity contribution in [3.05, 3.63) is 0 Å². The Balaban J connectivity index is 2.49. The van der Waals surface area contributed by atoms with E-state index in [1.165, 1.54) is 6.42 Å². The predicted octanol–water partition coefficient (Wildman–Crippen LogP) is 2.63. The Morgan fingerprint density at radius 2 is 2.00 bits per heavy atom. The summed E-state index contributed by atoms with van der Waals surface area (Å²) in [5.41, 5.74) is 5.43. The standard InChI is InChI=1S/C13H25NO2/c1-4-10(3)16-12(15)13(14)8-6-11(5-2)7-9-13/h10-11H,4-9,14H2,1-3H3. The summed E-state index contributed by atoms with van der Waals surface area (Å²) >= 11 is 0. The molecule has 1 fully saturated rings. The average Bonchev–Trinajstić information content (AvgIpc) is 2.29. The first kappa shape index (κ1) is 13.5. The van der Waals surface area contributed by atoms with Crippen molar-refractivity contribution in [3.8, 4) is 0 Å². The first-order chi connectivity index (χ1) is 7.51. The van der Waals surface area contributed by atoms with Crippen LogP contribution < -0.4 is 5.73 Å². The van der Waals surface area contributed by atoms with Crippen molar-refractivity contribution in [1.29, 1.82) is 0 Å². The smallest absolute Gasteiger partial charge is 0.326 e. The predicted molar refractivity (Wildman–Crippen MR) is 65.0 cm³/mol. The number of hydrogen-bond acceptors (Lipinski definition) is 3. The first-order valence-electron chi connectivity index (χ1n) is 6.51. The summed E-state index contributed by atoms with van der Waals surface area (Å²) in [4.78, 5) is 11.9. The summed E-state index contributed by atoms with van der Waals surface area (Å²) in [6, 6.07) is 0. The molecule has 1 saturated carbocycles. The van der Waals surface area contributed by atoms with Crippen molar-refractivity contribution in [3.63, 3.8) is 0 Å². The Bertz CT molecular complexity index is 232. The maximum absolute atomic E-state index is 11.9. The van der Waals surface area contributed by atoms with E-state index in [-0.39, 0.29) is 12.1 Å². The quantitative estimate of drug-likeness (QED) is 0.751. The molecular formula is C13H25NO2. The summed E-state index contributed by atoms with van der Waals surface area (Å²) < 4.78 is 5.35. The van der Waals surface area contributed by atoms with Crippen LogP contribution in [0.1, 0.15) is 59.3 Å². The highest BCUT2D eigenvalue weighted by Crippen LogP contribution is 2.33. The van der Waals surface area contributed by atoms with Crippen molar-refractivity contribution in [2.45, 2.75) is 70.9 Å². The third-order valence-corrected chi connectivity index (χ3v) is 3.86. The summed E-state index contributed by atoms with van der Waals surface area (Å²) in [6.45, 7) is 6.12. The van der Waals surface area contributed by atoms with E-state index in [2.05, 4.69) is 6.92 Å². The van der Waals surface area contributed by atoms with Crippen molar-refractivity contribution in [1.82, 2.24) is 0 Å². The van der Waals surface area contributed by atoms with Crippen LogP contribution in [0.2, 0.25) is 0 Å². The number of carbonyl (C=O) groups is 1. The number of carbonyl (C=O) groups excluding carboxylic acids is 1. The molecule has 0 amide bonds. The van der Waals surface area contributed by atoms with E-state index in [9.17, 15) is 4.79 Å². The van der Waals surface area contributed by atoms with Gasteiger partial charge in [-0.3, -0.25) is 4.79 Å². The number of hydrogen-bond donors (Lipinski definition) is 1. The summed E-state index contributed by atoms with van der Waals surface area (Å²) in [5, 5.41) is 0. The fraction of sp³-hybridized carbons (Fsp3) is 0.923. The zero-order chi connectivity index (χ0) is 12.2. The van der Waals surface area contributed by atoms with Gasteiger partial charge in [0.25, 0.3) is 0 Å². The highest BCUT2D eigenvalue weighted by Gasteiger charge is 2.39. The first-order valence-corrected chi connectivity index (χ1v) is 6.51. The van der Waals surface area contributed by atoms with E-state index in [1.807, 2.05) is 13.8 Å². The SMILES string of the molecule is CCC1CCC(N)(C(=O)OC(C)CC)CC1. The molecule has 1 atom stereocenters. The fourth-order valence-electron chi connectivity index (χ4n) is 2.19. The van der Waals surface area contributed by atoms with Crippen LogP contribution in [0.4, 0.5) is 0 Å². The molecule has 3 heteroatoms. The molecule has 1 unspecified atom stereocenters. The van der Waals surface area contributed by atoms with E-state index < -0.39 is 5.54 Å². The van der Waals surface area contributed by atoms with Gasteiger partial charge in [-0.05, 0) is 44.9 Å². The van der Waals surface area contributed by atoms with Crippen LogP contribution >= 0.6 is 0 Å². The molecule has 0 heterocycles. The van der Waals surface area contributed by atoms with Crippen LogP contribution in [0.25, 0.3) is 0 Å². The van der Waals surface area contributed by atoms with Crippen LogP contribution in [-0.2, 0) is 9.53 Å². The maximum Gasteiger partial charge on any atom is 0.326 e. The van der Waals surface area contributed by atoms with Gasteiger partial charge in [0.2, 0.25) is 0 Å². The Morgan fingerprint density at radius 3 is 2.44 bits per heavy atom. The Kier molecular flexibility index (Phi) is 4.78. The second-order valence-electron chi connectivity index (χ2n) is 5.13. The summed E-state index contributed by atoms with van der Waals surface area (Å²) in [7, 11) is 0. The topological polar surface area (TPSA) is 52.3 Å². The molecule has 0 aromatic rings. The van der Waals surface area contributed by atoms with E-state index in [0.29, 0.717) is 0 Å². The Morgan fingerprint density at radius 1 is 1.44 bits per heavy atom. The van der Waals surface area contributed by atoms with Crippen molar-refractivity contribution in [2.75, 3.05) is 0 Å². The molecule has 3 nitrogen and oxygen atoms in total. The van der Waals surface area contributed by atoms with E-state index in [0.717, 1.165) is 38.0 Å². The summed E-state index contributed by atoms with van der Waals surface area (Å²) in [5.74, 6) is 0.546. The minimum atomic E-state index is -0.713. The van der Waals surface area contributed by atoms with Gasteiger partial charge in [0, 0.05) is 0 Å². The zero-order valence-electron chi connectivity index (χ0n) is 10.8. The molecule has 0 aromatic carbocycles. The summed E-state index contributed by atoms with van der Waals surface area (Å²) in [6.07, 6.45) is 5.69. The number of ether oxygens (including phenoxy) is 1. The third kappa shape index (κ3) is 3.21. The minimum Gasteiger partial charge on any atom is -0.461 e. The van der Waals surface area contributed by atoms with Gasteiger partial charge in [0.15, 0.2) is 0 Å². The van der Waals surface area contributed by atoms with E-state index in [4.69, 9.17) is 10.5 Å². The average molecular weight is 227 g/mol. The Hall–Kier alpha value is -0.570. The molecule has 0 saturated heterocycles. The van der Waals surface area contributed by atoms with Gasteiger partial charge >= 0.3 is 5.97 Å². The van der Waals surface area contributed by atoms with Crippen LogP contribution in [0.3, 0.4) is 0 Å². The number of rotatable bonds is 4. The van der Waals surface area contributed by atoms with Gasteiger partial charge < -0.3 is 10.5 Å². The third-order valence-electron chi connectivity index (χ3n) is 3.86. The lowest BCUT2D eigenvalue weighted by Gasteiger charge is -2.35. The molecule has 1 aliphatic rings. The number of nitrogens with two attached hydrogens (primary N) is 1. The minimum absolute atomic E-state index is 0.0168. The number of esters is 1. The maximum atomic E-state index is 11.9. The highest BCUT2D eigenvalue weighted by molar-refractivity contribution is 5.80. The second-order valence-corrected chi connectivity index (χ2v) is 5.13. The van der Waals surface area contributed by atoms with Gasteiger partial charge in [-0.25, -0.2) is 0 Å². The van der Waals surface area contributed by atoms with Crippen molar-refractivity contribution < 1.29 is 9.53 Å². The van der Waals surface area contributed by atoms with Gasteiger partial charge in [-0.2, -0.15) is 0 Å². The molecule has 0 aliphatic heterocycles. The normalized spacial score (nSPS) is 32.1. The molecule has 1 rings (SSSR count). The lowest BCUT2D eigenvalue weighted by atomic mass is 9.76. The zero-order valence-corrected chi connectivity index (χ0v) is 10.8. The molecule has 1 aliphatic carbocycles. The molecule has 16 heavy (non-hydrogen) atoms. The molecular weight excluding hydrogens is 202 g/mol. The molecule has 0 radical (unpaired) electrons. The monoisotopic (exact) mass is 227 g/mol. The van der Waals surface area contributed by atoms with Crippen LogP contribution in [0.5, 0.6) is 0 Å². The largest absolute Gasteiger partial charge is 0.461 e. The lowest BCUT2D eigenvalue weighted by molar-refractivity contribution is -0.156. The molecule has 2 N–H and O–H groups in total. The Labute approximate surface area is 98.7 Å². The molecule has 0 bridgehead atoms. The van der Waals surface area contributed by atoms with E-state index in [1.54, 1.807) is 0 Å². The fourth-order valence-corrected chi connectivity index (χ4v) is 2.19. The molecule has 0 aromatic heterocycles. The lowest BCUT2D eigenvalue weighted by Crippen LogP contribution is -2.52.